The summed E-state index contributed by atoms with van der Waals surface area (Å²) < 4.78 is 11.1. The van der Waals surface area contributed by atoms with Gasteiger partial charge < -0.3 is 15.2 Å². The summed E-state index contributed by atoms with van der Waals surface area (Å²) in [4.78, 5) is 19.1. The number of hydrogen-bond donors (Lipinski definition) is 2. The second-order valence-electron chi connectivity index (χ2n) is 4.55. The Balaban J connectivity index is 1.76. The number of fused-ring (bicyclic) bond motifs is 1. The number of nitrogens with two attached hydrogens (primary N) is 1. The monoisotopic (exact) mass is 299 g/mol. The van der Waals surface area contributed by atoms with Gasteiger partial charge in [-0.3, -0.25) is 9.89 Å². The molecule has 0 aliphatic carbocycles. The summed E-state index contributed by atoms with van der Waals surface area (Å²) in [5.41, 5.74) is 5.74. The number of carbonyl (C=O) groups excluding carboxylic acids is 1. The number of nitrogens with zero attached hydrogens (tertiary/aromatic N) is 3. The Hall–Kier alpha value is -3.16. The van der Waals surface area contributed by atoms with Crippen LogP contribution in [0.4, 0.5) is 0 Å². The third-order valence-corrected chi connectivity index (χ3v) is 2.96. The van der Waals surface area contributed by atoms with Crippen LogP contribution in [0.15, 0.2) is 36.8 Å². The van der Waals surface area contributed by atoms with Crippen molar-refractivity contribution in [3.05, 3.63) is 36.8 Å². The van der Waals surface area contributed by atoms with Gasteiger partial charge in [0, 0.05) is 0 Å². The van der Waals surface area contributed by atoms with Gasteiger partial charge in [-0.05, 0) is 31.2 Å². The molecule has 22 heavy (non-hydrogen) atoms. The van der Waals surface area contributed by atoms with Crippen molar-refractivity contribution in [3.8, 4) is 17.4 Å². The van der Waals surface area contributed by atoms with Gasteiger partial charge in [0.1, 0.15) is 23.2 Å². The van der Waals surface area contributed by atoms with Crippen molar-refractivity contribution >= 4 is 16.9 Å². The summed E-state index contributed by atoms with van der Waals surface area (Å²) in [6.45, 7) is 1.59. The molecule has 3 rings (SSSR count). The Morgan fingerprint density at radius 2 is 1.95 bits per heavy atom. The van der Waals surface area contributed by atoms with Gasteiger partial charge in [0.25, 0.3) is 5.91 Å². The average Bonchev–Trinajstić information content (AvgIpc) is 2.98. The minimum Gasteiger partial charge on any atom is -0.481 e. The van der Waals surface area contributed by atoms with Crippen LogP contribution in [-0.2, 0) is 4.79 Å². The molecule has 8 heteroatoms. The minimum atomic E-state index is -0.695. The molecule has 1 atom stereocenters. The predicted octanol–water partition coefficient (Wildman–Crippen LogP) is 1.40. The van der Waals surface area contributed by atoms with Crippen LogP contribution in [0, 0.1) is 0 Å². The number of rotatable bonds is 5. The number of primary amides is 1. The number of hydrogen-bond acceptors (Lipinski definition) is 6. The van der Waals surface area contributed by atoms with Gasteiger partial charge in [-0.15, -0.1) is 0 Å². The van der Waals surface area contributed by atoms with Gasteiger partial charge in [-0.2, -0.15) is 5.10 Å². The van der Waals surface area contributed by atoms with Gasteiger partial charge in [0.15, 0.2) is 11.8 Å². The zero-order valence-electron chi connectivity index (χ0n) is 11.7. The molecule has 0 saturated carbocycles. The largest absolute Gasteiger partial charge is 0.481 e. The summed E-state index contributed by atoms with van der Waals surface area (Å²) in [7, 11) is 0. The molecule has 0 fully saturated rings. The molecule has 8 nitrogen and oxygen atoms in total. The van der Waals surface area contributed by atoms with Gasteiger partial charge in [-0.25, -0.2) is 9.97 Å². The van der Waals surface area contributed by atoms with E-state index in [4.69, 9.17) is 15.2 Å². The van der Waals surface area contributed by atoms with E-state index in [9.17, 15) is 4.79 Å². The molecular weight excluding hydrogens is 286 g/mol. The van der Waals surface area contributed by atoms with E-state index in [-0.39, 0.29) is 0 Å². The fraction of sp³-hybridized carbons (Fsp3) is 0.143. The van der Waals surface area contributed by atoms with E-state index in [1.54, 1.807) is 37.4 Å². The van der Waals surface area contributed by atoms with Crippen LogP contribution in [-0.4, -0.2) is 32.2 Å². The maximum atomic E-state index is 11.0. The highest BCUT2D eigenvalue weighted by atomic mass is 16.5. The number of H-pyrrole nitrogens is 1. The van der Waals surface area contributed by atoms with Gasteiger partial charge >= 0.3 is 0 Å². The second-order valence-corrected chi connectivity index (χ2v) is 4.55. The highest BCUT2D eigenvalue weighted by Gasteiger charge is 2.11. The summed E-state index contributed by atoms with van der Waals surface area (Å²) in [6.07, 6.45) is 2.29. The van der Waals surface area contributed by atoms with E-state index in [0.717, 1.165) is 0 Å². The highest BCUT2D eigenvalue weighted by Crippen LogP contribution is 2.26. The minimum absolute atomic E-state index is 0.401. The van der Waals surface area contributed by atoms with E-state index >= 15 is 0 Å². The predicted molar refractivity (Wildman–Crippen MR) is 77.5 cm³/mol. The van der Waals surface area contributed by atoms with Crippen LogP contribution in [0.25, 0.3) is 11.0 Å². The van der Waals surface area contributed by atoms with Crippen LogP contribution in [0.5, 0.6) is 17.4 Å². The standard InChI is InChI=1S/C14H13N5O3/c1-8(12(15)20)21-9-2-4-10(5-3-9)22-14-11-6-18-19-13(11)16-7-17-14/h2-8H,1H3,(H2,15,20)(H,16,17,18,19). The molecule has 2 heterocycles. The molecule has 1 aromatic carbocycles. The Labute approximate surface area is 125 Å². The Kier molecular flexibility index (Phi) is 3.57. The van der Waals surface area contributed by atoms with E-state index in [0.29, 0.717) is 28.4 Å². The first kappa shape index (κ1) is 13.8. The zero-order valence-corrected chi connectivity index (χ0v) is 11.7. The molecule has 1 unspecified atom stereocenters. The first-order valence-corrected chi connectivity index (χ1v) is 6.51. The molecule has 0 radical (unpaired) electrons. The number of aromatic nitrogens is 4. The van der Waals surface area contributed by atoms with Crippen LogP contribution in [0.2, 0.25) is 0 Å². The average molecular weight is 299 g/mol. The first-order chi connectivity index (χ1) is 10.6. The Bertz CT molecular complexity index is 800. The lowest BCUT2D eigenvalue weighted by Gasteiger charge is -2.11. The number of aromatic amines is 1. The van der Waals surface area contributed by atoms with Crippen molar-refractivity contribution in [1.29, 1.82) is 0 Å². The second kappa shape index (κ2) is 5.68. The van der Waals surface area contributed by atoms with Crippen molar-refractivity contribution in [1.82, 2.24) is 20.2 Å². The van der Waals surface area contributed by atoms with Crippen LogP contribution < -0.4 is 15.2 Å². The number of nitrogens with one attached hydrogen (secondary N) is 1. The van der Waals surface area contributed by atoms with E-state index in [2.05, 4.69) is 20.2 Å². The molecule has 112 valence electrons. The van der Waals surface area contributed by atoms with Crippen molar-refractivity contribution in [3.63, 3.8) is 0 Å². The topological polar surface area (TPSA) is 116 Å². The fourth-order valence-corrected chi connectivity index (χ4v) is 1.78. The van der Waals surface area contributed by atoms with Crippen LogP contribution in [0.1, 0.15) is 6.92 Å². The van der Waals surface area contributed by atoms with Gasteiger partial charge in [0.05, 0.1) is 6.20 Å². The normalized spacial score (nSPS) is 12.0. The molecule has 0 saturated heterocycles. The molecular formula is C14H13N5O3. The summed E-state index contributed by atoms with van der Waals surface area (Å²) in [5, 5.41) is 7.32. The van der Waals surface area contributed by atoms with Crippen molar-refractivity contribution < 1.29 is 14.3 Å². The molecule has 0 aliphatic heterocycles. The molecule has 0 aliphatic rings. The highest BCUT2D eigenvalue weighted by molar-refractivity contribution is 5.79. The lowest BCUT2D eigenvalue weighted by molar-refractivity contribution is -0.123. The lowest BCUT2D eigenvalue weighted by atomic mass is 10.3. The molecule has 1 amide bonds. The maximum Gasteiger partial charge on any atom is 0.258 e. The zero-order chi connectivity index (χ0) is 15.5. The number of amides is 1. The van der Waals surface area contributed by atoms with E-state index in [1.807, 2.05) is 0 Å². The third kappa shape index (κ3) is 2.80. The lowest BCUT2D eigenvalue weighted by Crippen LogP contribution is -2.30. The molecule has 3 N–H and O–H groups in total. The van der Waals surface area contributed by atoms with E-state index < -0.39 is 12.0 Å². The Morgan fingerprint density at radius 1 is 1.23 bits per heavy atom. The van der Waals surface area contributed by atoms with E-state index in [1.165, 1.54) is 6.33 Å². The van der Waals surface area contributed by atoms with Gasteiger partial charge in [0.2, 0.25) is 5.88 Å². The molecule has 0 bridgehead atoms. The quantitative estimate of drug-likeness (QED) is 0.735. The third-order valence-electron chi connectivity index (χ3n) is 2.96. The van der Waals surface area contributed by atoms with Gasteiger partial charge in [-0.1, -0.05) is 0 Å². The number of ether oxygens (including phenoxy) is 2. The molecule has 3 aromatic rings. The SMILES string of the molecule is CC(Oc1ccc(Oc2ncnc3[nH]ncc23)cc1)C(N)=O. The van der Waals surface area contributed by atoms with Crippen LogP contribution >= 0.6 is 0 Å². The van der Waals surface area contributed by atoms with Crippen molar-refractivity contribution in [2.24, 2.45) is 5.73 Å². The van der Waals surface area contributed by atoms with Crippen molar-refractivity contribution in [2.45, 2.75) is 13.0 Å². The fourth-order valence-electron chi connectivity index (χ4n) is 1.78. The summed E-state index contributed by atoms with van der Waals surface area (Å²) in [5.74, 6) is 0.969. The molecule has 0 spiro atoms. The number of carbonyl (C=O) groups is 1. The number of benzene rings is 1. The summed E-state index contributed by atoms with van der Waals surface area (Å²) >= 11 is 0. The van der Waals surface area contributed by atoms with Crippen molar-refractivity contribution in [2.75, 3.05) is 0 Å². The maximum absolute atomic E-state index is 11.0. The Morgan fingerprint density at radius 3 is 2.68 bits per heavy atom. The molecule has 2 aromatic heterocycles. The first-order valence-electron chi connectivity index (χ1n) is 6.51. The van der Waals surface area contributed by atoms with Crippen LogP contribution in [0.3, 0.4) is 0 Å². The smallest absolute Gasteiger partial charge is 0.258 e. The summed E-state index contributed by atoms with van der Waals surface area (Å²) in [6, 6.07) is 6.78.